The van der Waals surface area contributed by atoms with Crippen molar-refractivity contribution >= 4 is 21.6 Å². The third-order valence-electron chi connectivity index (χ3n) is 5.74. The van der Waals surface area contributed by atoms with E-state index in [0.717, 1.165) is 29.7 Å². The van der Waals surface area contributed by atoms with Gasteiger partial charge in [0.25, 0.3) is 5.56 Å². The van der Waals surface area contributed by atoms with Crippen molar-refractivity contribution in [2.45, 2.75) is 19.0 Å². The standard InChI is InChI=1S/C22H17N3OS/c26-22-19-17-9-10-23-11-18(17)27-21(19)24-12-25(22)20-15-7-3-1-5-13(15)14-6-2-4-8-16(14)20/h1-8,12,20,23H,9-11H2. The van der Waals surface area contributed by atoms with E-state index in [1.807, 2.05) is 16.7 Å². The molecule has 0 fully saturated rings. The lowest BCUT2D eigenvalue weighted by Crippen LogP contribution is -2.27. The summed E-state index contributed by atoms with van der Waals surface area (Å²) < 4.78 is 1.84. The van der Waals surface area contributed by atoms with E-state index in [4.69, 9.17) is 4.98 Å². The fourth-order valence-corrected chi connectivity index (χ4v) is 5.69. The van der Waals surface area contributed by atoms with Crippen LogP contribution in [0.3, 0.4) is 0 Å². The zero-order valence-corrected chi connectivity index (χ0v) is 15.4. The zero-order chi connectivity index (χ0) is 18.0. The van der Waals surface area contributed by atoms with Crippen molar-refractivity contribution in [2.75, 3.05) is 6.54 Å². The number of aromatic nitrogens is 2. The molecule has 0 atom stereocenters. The first-order valence-corrected chi connectivity index (χ1v) is 10.0. The predicted octanol–water partition coefficient (Wildman–Crippen LogP) is 3.72. The van der Waals surface area contributed by atoms with Crippen LogP contribution in [-0.2, 0) is 13.0 Å². The Morgan fingerprint density at radius 3 is 2.48 bits per heavy atom. The van der Waals surface area contributed by atoms with Crippen molar-refractivity contribution in [3.63, 3.8) is 0 Å². The molecule has 5 heteroatoms. The van der Waals surface area contributed by atoms with E-state index in [1.54, 1.807) is 17.7 Å². The summed E-state index contributed by atoms with van der Waals surface area (Å²) >= 11 is 1.65. The highest BCUT2D eigenvalue weighted by atomic mass is 32.1. The Morgan fingerprint density at radius 1 is 1.04 bits per heavy atom. The highest BCUT2D eigenvalue weighted by Crippen LogP contribution is 2.44. The number of fused-ring (bicyclic) bond motifs is 6. The predicted molar refractivity (Wildman–Crippen MR) is 108 cm³/mol. The van der Waals surface area contributed by atoms with Gasteiger partial charge in [0.15, 0.2) is 0 Å². The van der Waals surface area contributed by atoms with Crippen molar-refractivity contribution in [1.82, 2.24) is 14.9 Å². The van der Waals surface area contributed by atoms with Gasteiger partial charge in [-0.25, -0.2) is 4.98 Å². The number of rotatable bonds is 1. The van der Waals surface area contributed by atoms with Crippen LogP contribution in [0.15, 0.2) is 59.7 Å². The smallest absolute Gasteiger partial charge is 0.263 e. The summed E-state index contributed by atoms with van der Waals surface area (Å²) in [7, 11) is 0. The van der Waals surface area contributed by atoms with E-state index in [-0.39, 0.29) is 11.6 Å². The lowest BCUT2D eigenvalue weighted by Gasteiger charge is -2.17. The first-order valence-electron chi connectivity index (χ1n) is 9.23. The van der Waals surface area contributed by atoms with E-state index in [9.17, 15) is 4.79 Å². The van der Waals surface area contributed by atoms with E-state index < -0.39 is 0 Å². The fraction of sp³-hybridized carbons (Fsp3) is 0.182. The number of thiophene rings is 1. The third kappa shape index (κ3) is 2.07. The molecule has 6 rings (SSSR count). The lowest BCUT2D eigenvalue weighted by atomic mass is 10.0. The molecule has 4 nitrogen and oxygen atoms in total. The van der Waals surface area contributed by atoms with Gasteiger partial charge in [0.2, 0.25) is 0 Å². The van der Waals surface area contributed by atoms with E-state index >= 15 is 0 Å². The second kappa shape index (κ2) is 5.62. The molecule has 0 bridgehead atoms. The minimum absolute atomic E-state index is 0.0795. The molecule has 2 aromatic carbocycles. The maximum absolute atomic E-state index is 13.6. The summed E-state index contributed by atoms with van der Waals surface area (Å²) in [4.78, 5) is 20.4. The highest BCUT2D eigenvalue weighted by Gasteiger charge is 2.31. The molecule has 132 valence electrons. The minimum Gasteiger partial charge on any atom is -0.312 e. The van der Waals surface area contributed by atoms with Crippen LogP contribution < -0.4 is 10.9 Å². The van der Waals surface area contributed by atoms with Crippen LogP contribution in [0.1, 0.15) is 27.6 Å². The summed E-state index contributed by atoms with van der Waals surface area (Å²) in [6, 6.07) is 16.6. The van der Waals surface area contributed by atoms with Gasteiger partial charge in [-0.1, -0.05) is 48.5 Å². The van der Waals surface area contributed by atoms with Gasteiger partial charge in [0.1, 0.15) is 4.83 Å². The second-order valence-electron chi connectivity index (χ2n) is 7.14. The van der Waals surface area contributed by atoms with Gasteiger partial charge < -0.3 is 5.32 Å². The molecule has 0 unspecified atom stereocenters. The summed E-state index contributed by atoms with van der Waals surface area (Å²) in [5, 5.41) is 4.21. The molecular formula is C22H17N3OS. The fourth-order valence-electron chi connectivity index (χ4n) is 4.54. The maximum atomic E-state index is 13.6. The van der Waals surface area contributed by atoms with E-state index in [2.05, 4.69) is 41.7 Å². The molecule has 2 aromatic heterocycles. The molecule has 1 aliphatic heterocycles. The number of hydrogen-bond acceptors (Lipinski definition) is 4. The van der Waals surface area contributed by atoms with Crippen molar-refractivity contribution in [1.29, 1.82) is 0 Å². The number of nitrogens with one attached hydrogen (secondary N) is 1. The van der Waals surface area contributed by atoms with Crippen LogP contribution in [0.4, 0.5) is 0 Å². The van der Waals surface area contributed by atoms with Crippen molar-refractivity contribution in [2.24, 2.45) is 0 Å². The first-order chi connectivity index (χ1) is 13.3. The largest absolute Gasteiger partial charge is 0.312 e. The number of benzene rings is 2. The molecule has 0 radical (unpaired) electrons. The van der Waals surface area contributed by atoms with E-state index in [0.29, 0.717) is 0 Å². The first kappa shape index (κ1) is 15.3. The maximum Gasteiger partial charge on any atom is 0.263 e. The molecule has 4 aromatic rings. The van der Waals surface area contributed by atoms with Gasteiger partial charge in [-0.05, 0) is 40.8 Å². The Balaban J connectivity index is 1.65. The Hall–Kier alpha value is -2.76. The number of nitrogens with zero attached hydrogens (tertiary/aromatic N) is 2. The zero-order valence-electron chi connectivity index (χ0n) is 14.6. The van der Waals surface area contributed by atoms with Crippen LogP contribution >= 0.6 is 11.3 Å². The Labute approximate surface area is 160 Å². The van der Waals surface area contributed by atoms with Gasteiger partial charge in [-0.3, -0.25) is 9.36 Å². The third-order valence-corrected chi connectivity index (χ3v) is 6.88. The molecule has 0 saturated carbocycles. The van der Waals surface area contributed by atoms with Crippen molar-refractivity contribution < 1.29 is 0 Å². The quantitative estimate of drug-likeness (QED) is 0.488. The van der Waals surface area contributed by atoms with Crippen molar-refractivity contribution in [3.8, 4) is 11.1 Å². The average Bonchev–Trinajstić information content (AvgIpc) is 3.25. The molecule has 0 saturated heterocycles. The molecular weight excluding hydrogens is 354 g/mol. The van der Waals surface area contributed by atoms with Crippen LogP contribution in [0.2, 0.25) is 0 Å². The molecule has 3 heterocycles. The number of hydrogen-bond donors (Lipinski definition) is 1. The van der Waals surface area contributed by atoms with Gasteiger partial charge in [-0.15, -0.1) is 11.3 Å². The topological polar surface area (TPSA) is 46.9 Å². The van der Waals surface area contributed by atoms with Gasteiger partial charge in [0, 0.05) is 11.4 Å². The summed E-state index contributed by atoms with van der Waals surface area (Å²) in [6.07, 6.45) is 2.64. The summed E-state index contributed by atoms with van der Waals surface area (Å²) in [5.74, 6) is 0. The molecule has 0 spiro atoms. The lowest BCUT2D eigenvalue weighted by molar-refractivity contribution is 0.647. The monoisotopic (exact) mass is 371 g/mol. The summed E-state index contributed by atoms with van der Waals surface area (Å²) in [5.41, 5.74) is 6.04. The minimum atomic E-state index is -0.112. The second-order valence-corrected chi connectivity index (χ2v) is 8.23. The molecule has 27 heavy (non-hydrogen) atoms. The molecule has 1 aliphatic carbocycles. The van der Waals surface area contributed by atoms with E-state index in [1.165, 1.54) is 32.7 Å². The molecule has 2 aliphatic rings. The highest BCUT2D eigenvalue weighted by molar-refractivity contribution is 7.18. The SMILES string of the molecule is O=c1c2c3c(sc2ncn1C1c2ccccc2-c2ccccc21)CNCC3. The normalized spacial score (nSPS) is 15.6. The van der Waals surface area contributed by atoms with Crippen LogP contribution in [0.25, 0.3) is 21.3 Å². The molecule has 0 amide bonds. The van der Waals surface area contributed by atoms with Gasteiger partial charge in [0.05, 0.1) is 17.8 Å². The van der Waals surface area contributed by atoms with Gasteiger partial charge >= 0.3 is 0 Å². The van der Waals surface area contributed by atoms with Crippen LogP contribution in [0.5, 0.6) is 0 Å². The van der Waals surface area contributed by atoms with Crippen LogP contribution in [-0.4, -0.2) is 16.1 Å². The Bertz CT molecular complexity index is 1220. The molecule has 1 N–H and O–H groups in total. The summed E-state index contributed by atoms with van der Waals surface area (Å²) in [6.45, 7) is 1.76. The van der Waals surface area contributed by atoms with Crippen molar-refractivity contribution in [3.05, 3.63) is 86.8 Å². The Morgan fingerprint density at radius 2 is 1.74 bits per heavy atom. The average molecular weight is 371 g/mol. The van der Waals surface area contributed by atoms with Gasteiger partial charge in [-0.2, -0.15) is 0 Å². The van der Waals surface area contributed by atoms with Crippen LogP contribution in [0, 0.1) is 0 Å². The Kier molecular flexibility index (Phi) is 3.19.